The van der Waals surface area contributed by atoms with Crippen molar-refractivity contribution in [1.29, 1.82) is 0 Å². The van der Waals surface area contributed by atoms with Gasteiger partial charge in [0.05, 0.1) is 11.7 Å². The van der Waals surface area contributed by atoms with E-state index in [2.05, 4.69) is 6.92 Å². The molecule has 3 unspecified atom stereocenters. The van der Waals surface area contributed by atoms with Crippen molar-refractivity contribution >= 4 is 0 Å². The van der Waals surface area contributed by atoms with Gasteiger partial charge in [-0.1, -0.05) is 32.6 Å². The van der Waals surface area contributed by atoms with E-state index in [4.69, 9.17) is 4.74 Å². The van der Waals surface area contributed by atoms with Crippen molar-refractivity contribution in [2.45, 2.75) is 70.5 Å². The monoisotopic (exact) mass is 226 g/mol. The Labute approximate surface area is 99.4 Å². The predicted molar refractivity (Wildman–Crippen MR) is 65.3 cm³/mol. The molecule has 1 N–H and O–H groups in total. The number of rotatable bonds is 5. The van der Waals surface area contributed by atoms with Crippen LogP contribution in [0.25, 0.3) is 0 Å². The molecule has 0 aromatic rings. The summed E-state index contributed by atoms with van der Waals surface area (Å²) in [5, 5.41) is 10.5. The molecule has 0 amide bonds. The van der Waals surface area contributed by atoms with Crippen LogP contribution in [0.2, 0.25) is 0 Å². The first-order chi connectivity index (χ1) is 7.66. The number of hydrogen-bond donors (Lipinski definition) is 1. The van der Waals surface area contributed by atoms with Gasteiger partial charge in [0.2, 0.25) is 0 Å². The fourth-order valence-electron chi connectivity index (χ4n) is 3.25. The lowest BCUT2D eigenvalue weighted by molar-refractivity contribution is -0.150. The van der Waals surface area contributed by atoms with Gasteiger partial charge >= 0.3 is 0 Å². The maximum absolute atomic E-state index is 10.5. The molecule has 0 bridgehead atoms. The number of aliphatic hydroxyl groups is 1. The van der Waals surface area contributed by atoms with Gasteiger partial charge in [0.15, 0.2) is 0 Å². The summed E-state index contributed by atoms with van der Waals surface area (Å²) in [6.07, 6.45) is 7.97. The van der Waals surface area contributed by atoms with E-state index in [1.807, 2.05) is 6.92 Å². The molecule has 2 nitrogen and oxygen atoms in total. The van der Waals surface area contributed by atoms with Crippen LogP contribution in [-0.2, 0) is 4.74 Å². The second kappa shape index (κ2) is 5.05. The molecule has 94 valence electrons. The maximum Gasteiger partial charge on any atom is 0.0942 e. The molecule has 0 saturated heterocycles. The highest BCUT2D eigenvalue weighted by Gasteiger charge is 2.43. The largest absolute Gasteiger partial charge is 0.390 e. The van der Waals surface area contributed by atoms with E-state index in [-0.39, 0.29) is 11.7 Å². The number of ether oxygens (including phenoxy) is 1. The third kappa shape index (κ3) is 2.78. The van der Waals surface area contributed by atoms with Crippen molar-refractivity contribution in [2.24, 2.45) is 11.8 Å². The van der Waals surface area contributed by atoms with Crippen LogP contribution in [0.5, 0.6) is 0 Å². The minimum absolute atomic E-state index is 0.213. The molecular weight excluding hydrogens is 200 g/mol. The van der Waals surface area contributed by atoms with Crippen LogP contribution in [0.4, 0.5) is 0 Å². The molecule has 0 radical (unpaired) electrons. The first-order valence-electron chi connectivity index (χ1n) is 6.98. The van der Waals surface area contributed by atoms with Crippen LogP contribution >= 0.6 is 0 Å². The Kier molecular flexibility index (Phi) is 3.91. The lowest BCUT2D eigenvalue weighted by atomic mass is 9.74. The molecule has 2 aliphatic rings. The summed E-state index contributed by atoms with van der Waals surface area (Å²) in [6, 6.07) is 0. The first-order valence-corrected chi connectivity index (χ1v) is 6.98. The van der Waals surface area contributed by atoms with Crippen LogP contribution in [-0.4, -0.2) is 23.4 Å². The van der Waals surface area contributed by atoms with E-state index in [1.165, 1.54) is 25.7 Å². The molecule has 0 aromatic carbocycles. The van der Waals surface area contributed by atoms with Gasteiger partial charge in [-0.05, 0) is 38.0 Å². The zero-order chi connectivity index (χ0) is 11.6. The topological polar surface area (TPSA) is 29.5 Å². The Morgan fingerprint density at radius 3 is 2.69 bits per heavy atom. The maximum atomic E-state index is 10.5. The second-order valence-corrected chi connectivity index (χ2v) is 5.89. The highest BCUT2D eigenvalue weighted by molar-refractivity contribution is 4.95. The molecule has 2 rings (SSSR count). The normalized spacial score (nSPS) is 37.3. The Balaban J connectivity index is 1.99. The zero-order valence-corrected chi connectivity index (χ0v) is 10.7. The Hall–Kier alpha value is -0.0800. The van der Waals surface area contributed by atoms with Gasteiger partial charge in [-0.2, -0.15) is 0 Å². The van der Waals surface area contributed by atoms with Crippen LogP contribution in [0, 0.1) is 11.8 Å². The van der Waals surface area contributed by atoms with Gasteiger partial charge in [0, 0.05) is 6.61 Å². The van der Waals surface area contributed by atoms with Crippen molar-refractivity contribution in [3.8, 4) is 0 Å². The average molecular weight is 226 g/mol. The van der Waals surface area contributed by atoms with Gasteiger partial charge in [0.1, 0.15) is 0 Å². The van der Waals surface area contributed by atoms with Crippen LogP contribution in [0.1, 0.15) is 58.8 Å². The van der Waals surface area contributed by atoms with E-state index in [0.29, 0.717) is 5.92 Å². The second-order valence-electron chi connectivity index (χ2n) is 5.89. The lowest BCUT2D eigenvalue weighted by Gasteiger charge is -2.43. The van der Waals surface area contributed by atoms with Gasteiger partial charge < -0.3 is 9.84 Å². The molecule has 2 saturated carbocycles. The fourth-order valence-corrected chi connectivity index (χ4v) is 3.25. The van der Waals surface area contributed by atoms with Crippen molar-refractivity contribution in [3.05, 3.63) is 0 Å². The zero-order valence-electron chi connectivity index (χ0n) is 10.7. The van der Waals surface area contributed by atoms with E-state index in [0.717, 1.165) is 31.8 Å². The molecule has 0 aromatic heterocycles. The van der Waals surface area contributed by atoms with E-state index in [1.54, 1.807) is 0 Å². The molecule has 0 spiro atoms. The van der Waals surface area contributed by atoms with E-state index < -0.39 is 0 Å². The van der Waals surface area contributed by atoms with Gasteiger partial charge in [-0.25, -0.2) is 0 Å². The summed E-state index contributed by atoms with van der Waals surface area (Å²) in [7, 11) is 0. The fraction of sp³-hybridized carbons (Fsp3) is 1.00. The van der Waals surface area contributed by atoms with Gasteiger partial charge in [0.25, 0.3) is 0 Å². The number of hydrogen-bond acceptors (Lipinski definition) is 2. The van der Waals surface area contributed by atoms with Crippen LogP contribution in [0.3, 0.4) is 0 Å². The van der Waals surface area contributed by atoms with E-state index in [9.17, 15) is 5.11 Å². The van der Waals surface area contributed by atoms with Crippen LogP contribution in [0.15, 0.2) is 0 Å². The molecular formula is C14H26O2. The van der Waals surface area contributed by atoms with Gasteiger partial charge in [-0.3, -0.25) is 0 Å². The minimum atomic E-state index is -0.234. The Morgan fingerprint density at radius 1 is 1.38 bits per heavy atom. The summed E-state index contributed by atoms with van der Waals surface area (Å²) < 4.78 is 5.98. The predicted octanol–water partition coefficient (Wildman–Crippen LogP) is 3.13. The highest BCUT2D eigenvalue weighted by Crippen LogP contribution is 2.43. The molecule has 2 fully saturated rings. The summed E-state index contributed by atoms with van der Waals surface area (Å²) >= 11 is 0. The smallest absolute Gasteiger partial charge is 0.0942 e. The highest BCUT2D eigenvalue weighted by atomic mass is 16.5. The Bertz CT molecular complexity index is 221. The molecule has 2 aliphatic carbocycles. The van der Waals surface area contributed by atoms with Gasteiger partial charge in [-0.15, -0.1) is 0 Å². The Morgan fingerprint density at radius 2 is 2.12 bits per heavy atom. The third-order valence-corrected chi connectivity index (χ3v) is 4.28. The number of aliphatic hydroxyl groups excluding tert-OH is 1. The summed E-state index contributed by atoms with van der Waals surface area (Å²) in [5.74, 6) is 1.48. The molecule has 3 atom stereocenters. The first kappa shape index (κ1) is 12.4. The third-order valence-electron chi connectivity index (χ3n) is 4.28. The van der Waals surface area contributed by atoms with Crippen LogP contribution < -0.4 is 0 Å². The lowest BCUT2D eigenvalue weighted by Crippen LogP contribution is -2.48. The minimum Gasteiger partial charge on any atom is -0.390 e. The quantitative estimate of drug-likeness (QED) is 0.780. The molecule has 2 heteroatoms. The van der Waals surface area contributed by atoms with Crippen molar-refractivity contribution in [3.63, 3.8) is 0 Å². The van der Waals surface area contributed by atoms with Crippen molar-refractivity contribution in [2.75, 3.05) is 6.61 Å². The SMILES string of the molecule is CCOC1(C(O)CC2CC2)CCCC(C)C1. The summed E-state index contributed by atoms with van der Waals surface area (Å²) in [5.41, 5.74) is -0.213. The summed E-state index contributed by atoms with van der Waals surface area (Å²) in [6.45, 7) is 5.07. The standard InChI is InChI=1S/C14H26O2/c1-3-16-14(8-4-5-11(2)10-14)13(15)9-12-6-7-12/h11-13,15H,3-10H2,1-2H3. The molecule has 0 heterocycles. The molecule has 0 aliphatic heterocycles. The molecule has 16 heavy (non-hydrogen) atoms. The van der Waals surface area contributed by atoms with Crippen molar-refractivity contribution in [1.82, 2.24) is 0 Å². The van der Waals surface area contributed by atoms with E-state index >= 15 is 0 Å². The average Bonchev–Trinajstić information content (AvgIpc) is 3.02. The summed E-state index contributed by atoms with van der Waals surface area (Å²) in [4.78, 5) is 0. The van der Waals surface area contributed by atoms with Crippen molar-refractivity contribution < 1.29 is 9.84 Å².